The summed E-state index contributed by atoms with van der Waals surface area (Å²) in [6.45, 7) is 8.54. The zero-order valence-corrected chi connectivity index (χ0v) is 14.4. The number of β-amino-alcohol motifs (C(OH)–C–C–N with tert-alkyl or cyclic N) is 1. The molecular weight excluding hydrogens is 298 g/mol. The molecule has 2 fully saturated rings. The summed E-state index contributed by atoms with van der Waals surface area (Å²) in [5.74, 6) is 0.238. The molecule has 0 aromatic heterocycles. The minimum absolute atomic E-state index is 0.142. The van der Waals surface area contributed by atoms with E-state index in [0.717, 1.165) is 25.9 Å². The molecule has 0 aromatic carbocycles. The second-order valence-corrected chi connectivity index (χ2v) is 7.35. The van der Waals surface area contributed by atoms with E-state index in [1.165, 1.54) is 4.90 Å². The number of rotatable bonds is 5. The van der Waals surface area contributed by atoms with Gasteiger partial charge in [0.1, 0.15) is 5.60 Å². The Bertz CT molecular complexity index is 436. The van der Waals surface area contributed by atoms with Gasteiger partial charge in [0.2, 0.25) is 5.91 Å². The van der Waals surface area contributed by atoms with Gasteiger partial charge in [0, 0.05) is 26.1 Å². The average Bonchev–Trinajstić information content (AvgIpc) is 3.00. The third-order valence-electron chi connectivity index (χ3n) is 4.12. The number of likely N-dealkylation sites (tertiary alicyclic amines) is 2. The lowest BCUT2D eigenvalue weighted by Gasteiger charge is -2.24. The van der Waals surface area contributed by atoms with Crippen molar-refractivity contribution in [1.29, 1.82) is 0 Å². The van der Waals surface area contributed by atoms with E-state index in [0.29, 0.717) is 19.5 Å². The second kappa shape index (κ2) is 7.49. The Morgan fingerprint density at radius 3 is 2.74 bits per heavy atom. The van der Waals surface area contributed by atoms with Crippen molar-refractivity contribution in [1.82, 2.24) is 15.1 Å². The first kappa shape index (κ1) is 18.0. The molecule has 0 bridgehead atoms. The number of ether oxygens (including phenoxy) is 1. The molecule has 2 aliphatic rings. The highest BCUT2D eigenvalue weighted by molar-refractivity contribution is 5.78. The molecule has 2 saturated heterocycles. The van der Waals surface area contributed by atoms with Crippen molar-refractivity contribution < 1.29 is 19.4 Å². The topological polar surface area (TPSA) is 82.1 Å². The predicted octanol–water partition coefficient (Wildman–Crippen LogP) is 0.569. The van der Waals surface area contributed by atoms with Crippen molar-refractivity contribution >= 4 is 12.0 Å². The maximum Gasteiger partial charge on any atom is 0.410 e. The Morgan fingerprint density at radius 1 is 1.39 bits per heavy atom. The summed E-state index contributed by atoms with van der Waals surface area (Å²) in [5.41, 5.74) is -0.532. The molecule has 7 nitrogen and oxygen atoms in total. The first-order valence-corrected chi connectivity index (χ1v) is 8.43. The Morgan fingerprint density at radius 2 is 2.13 bits per heavy atom. The normalized spacial score (nSPS) is 25.3. The molecule has 2 heterocycles. The number of amides is 2. The SMILES string of the molecule is CC(C)(C)OC(=O)N1C[C@@H](O)[C@H](NCCCN2CCCC2=O)C1. The number of nitrogens with one attached hydrogen (secondary N) is 1. The van der Waals surface area contributed by atoms with E-state index in [2.05, 4.69) is 5.32 Å². The van der Waals surface area contributed by atoms with Crippen LogP contribution >= 0.6 is 0 Å². The second-order valence-electron chi connectivity index (χ2n) is 7.35. The number of aliphatic hydroxyl groups is 1. The van der Waals surface area contributed by atoms with E-state index in [-0.39, 0.29) is 24.6 Å². The molecular formula is C16H29N3O4. The highest BCUT2D eigenvalue weighted by atomic mass is 16.6. The van der Waals surface area contributed by atoms with E-state index in [4.69, 9.17) is 4.74 Å². The quantitative estimate of drug-likeness (QED) is 0.722. The summed E-state index contributed by atoms with van der Waals surface area (Å²) >= 11 is 0. The van der Waals surface area contributed by atoms with Gasteiger partial charge in [-0.25, -0.2) is 4.79 Å². The minimum Gasteiger partial charge on any atom is -0.444 e. The van der Waals surface area contributed by atoms with Crippen molar-refractivity contribution in [3.05, 3.63) is 0 Å². The van der Waals surface area contributed by atoms with Gasteiger partial charge in [-0.15, -0.1) is 0 Å². The van der Waals surface area contributed by atoms with E-state index >= 15 is 0 Å². The van der Waals surface area contributed by atoms with Gasteiger partial charge < -0.3 is 25.0 Å². The molecule has 2 rings (SSSR count). The number of aliphatic hydroxyl groups excluding tert-OH is 1. The molecule has 132 valence electrons. The Labute approximate surface area is 138 Å². The largest absolute Gasteiger partial charge is 0.444 e. The molecule has 2 N–H and O–H groups in total. The molecule has 0 saturated carbocycles. The number of carbonyl (C=O) groups is 2. The smallest absolute Gasteiger partial charge is 0.410 e. The highest BCUT2D eigenvalue weighted by Gasteiger charge is 2.35. The Balaban J connectivity index is 1.68. The fourth-order valence-electron chi connectivity index (χ4n) is 2.96. The zero-order chi connectivity index (χ0) is 17.0. The van der Waals surface area contributed by atoms with E-state index < -0.39 is 11.7 Å². The average molecular weight is 327 g/mol. The van der Waals surface area contributed by atoms with Crippen molar-refractivity contribution in [2.24, 2.45) is 0 Å². The summed E-state index contributed by atoms with van der Waals surface area (Å²) in [7, 11) is 0. The maximum absolute atomic E-state index is 12.0. The molecule has 2 aliphatic heterocycles. The van der Waals surface area contributed by atoms with Crippen LogP contribution in [0.15, 0.2) is 0 Å². The fraction of sp³-hybridized carbons (Fsp3) is 0.875. The van der Waals surface area contributed by atoms with Gasteiger partial charge in [-0.05, 0) is 40.2 Å². The van der Waals surface area contributed by atoms with Crippen LogP contribution in [0, 0.1) is 0 Å². The maximum atomic E-state index is 12.0. The van der Waals surface area contributed by atoms with Crippen LogP contribution in [0.1, 0.15) is 40.0 Å². The molecule has 0 aromatic rings. The zero-order valence-electron chi connectivity index (χ0n) is 14.4. The molecule has 0 unspecified atom stereocenters. The molecule has 2 atom stereocenters. The standard InChI is InChI=1S/C16H29N3O4/c1-16(2,3)23-15(22)19-10-12(13(20)11-19)17-7-5-9-18-8-4-6-14(18)21/h12-13,17,20H,4-11H2,1-3H3/t12-,13-/m1/s1. The predicted molar refractivity (Wildman–Crippen MR) is 86.0 cm³/mol. The minimum atomic E-state index is -0.587. The lowest BCUT2D eigenvalue weighted by molar-refractivity contribution is -0.127. The summed E-state index contributed by atoms with van der Waals surface area (Å²) < 4.78 is 5.33. The van der Waals surface area contributed by atoms with Gasteiger partial charge in [-0.3, -0.25) is 4.79 Å². The van der Waals surface area contributed by atoms with Crippen LogP contribution in [-0.4, -0.2) is 77.4 Å². The van der Waals surface area contributed by atoms with Crippen molar-refractivity contribution in [3.8, 4) is 0 Å². The monoisotopic (exact) mass is 327 g/mol. The summed E-state index contributed by atoms with van der Waals surface area (Å²) in [6, 6.07) is -0.142. The van der Waals surface area contributed by atoms with E-state index in [1.807, 2.05) is 25.7 Å². The van der Waals surface area contributed by atoms with Crippen LogP contribution in [0.3, 0.4) is 0 Å². The summed E-state index contributed by atoms with van der Waals surface area (Å²) in [4.78, 5) is 27.0. The fourth-order valence-corrected chi connectivity index (χ4v) is 2.96. The molecule has 0 radical (unpaired) electrons. The van der Waals surface area contributed by atoms with Crippen LogP contribution in [0.25, 0.3) is 0 Å². The number of hydrogen-bond donors (Lipinski definition) is 2. The first-order valence-electron chi connectivity index (χ1n) is 8.43. The van der Waals surface area contributed by atoms with Gasteiger partial charge in [-0.2, -0.15) is 0 Å². The molecule has 7 heteroatoms. The molecule has 0 aliphatic carbocycles. The molecule has 2 amide bonds. The summed E-state index contributed by atoms with van der Waals surface area (Å²) in [6.07, 6.45) is 1.50. The van der Waals surface area contributed by atoms with Gasteiger partial charge in [-0.1, -0.05) is 0 Å². The van der Waals surface area contributed by atoms with Crippen LogP contribution in [-0.2, 0) is 9.53 Å². The van der Waals surface area contributed by atoms with Crippen LogP contribution in [0.4, 0.5) is 4.79 Å². The Hall–Kier alpha value is -1.34. The number of carbonyl (C=O) groups excluding carboxylic acids is 2. The molecule has 23 heavy (non-hydrogen) atoms. The number of nitrogens with zero attached hydrogens (tertiary/aromatic N) is 2. The highest BCUT2D eigenvalue weighted by Crippen LogP contribution is 2.16. The third kappa shape index (κ3) is 5.35. The molecule has 0 spiro atoms. The van der Waals surface area contributed by atoms with Crippen molar-refractivity contribution in [2.45, 2.75) is 57.8 Å². The van der Waals surface area contributed by atoms with Gasteiger partial charge in [0.15, 0.2) is 0 Å². The first-order chi connectivity index (χ1) is 10.8. The van der Waals surface area contributed by atoms with E-state index in [1.54, 1.807) is 0 Å². The van der Waals surface area contributed by atoms with Gasteiger partial charge >= 0.3 is 6.09 Å². The van der Waals surface area contributed by atoms with Crippen molar-refractivity contribution in [2.75, 3.05) is 32.7 Å². The van der Waals surface area contributed by atoms with E-state index in [9.17, 15) is 14.7 Å². The van der Waals surface area contributed by atoms with Gasteiger partial charge in [0.05, 0.1) is 18.7 Å². The van der Waals surface area contributed by atoms with Crippen molar-refractivity contribution in [3.63, 3.8) is 0 Å². The lowest BCUT2D eigenvalue weighted by atomic mass is 10.2. The van der Waals surface area contributed by atoms with Crippen LogP contribution in [0.5, 0.6) is 0 Å². The Kier molecular flexibility index (Phi) is 5.86. The van der Waals surface area contributed by atoms with Gasteiger partial charge in [0.25, 0.3) is 0 Å². The summed E-state index contributed by atoms with van der Waals surface area (Å²) in [5, 5.41) is 13.4. The number of hydrogen-bond acceptors (Lipinski definition) is 5. The lowest BCUT2D eigenvalue weighted by Crippen LogP contribution is -2.41. The van der Waals surface area contributed by atoms with Crippen LogP contribution in [0.2, 0.25) is 0 Å². The van der Waals surface area contributed by atoms with Crippen LogP contribution < -0.4 is 5.32 Å². The third-order valence-corrected chi connectivity index (χ3v) is 4.12.